The van der Waals surface area contributed by atoms with Crippen molar-refractivity contribution in [1.29, 1.82) is 0 Å². The van der Waals surface area contributed by atoms with Gasteiger partial charge in [0, 0.05) is 0 Å². The van der Waals surface area contributed by atoms with Gasteiger partial charge in [0.1, 0.15) is 0 Å². The summed E-state index contributed by atoms with van der Waals surface area (Å²) in [6.45, 7) is 1.65. The molecule has 0 aromatic carbocycles. The van der Waals surface area contributed by atoms with E-state index in [2.05, 4.69) is 9.47 Å². The quantitative estimate of drug-likeness (QED) is 0.202. The highest BCUT2D eigenvalue weighted by Gasteiger charge is 2.23. The molecule has 0 atom stereocenters. The standard InChI is InChI=1S/C6H9NO5/c1-3-12-6(8)5(4-11-2)7(9)10/h4H,3H2,1-2H3/b5-4-. The van der Waals surface area contributed by atoms with E-state index in [-0.39, 0.29) is 6.61 Å². The molecule has 0 bridgehead atoms. The van der Waals surface area contributed by atoms with Gasteiger partial charge >= 0.3 is 11.7 Å². The number of methoxy groups -OCH3 is 1. The van der Waals surface area contributed by atoms with Gasteiger partial charge in [0.25, 0.3) is 0 Å². The van der Waals surface area contributed by atoms with Crippen LogP contribution in [0.25, 0.3) is 0 Å². The zero-order valence-corrected chi connectivity index (χ0v) is 6.77. The number of carbonyl (C=O) groups is 1. The van der Waals surface area contributed by atoms with Gasteiger partial charge in [-0.25, -0.2) is 4.79 Å². The average molecular weight is 175 g/mol. The minimum atomic E-state index is -0.996. The summed E-state index contributed by atoms with van der Waals surface area (Å²) in [4.78, 5) is 20.1. The minimum Gasteiger partial charge on any atom is -0.497 e. The van der Waals surface area contributed by atoms with Crippen molar-refractivity contribution < 1.29 is 19.2 Å². The van der Waals surface area contributed by atoms with Crippen LogP contribution in [0.15, 0.2) is 12.0 Å². The Morgan fingerprint density at radius 3 is 2.58 bits per heavy atom. The Morgan fingerprint density at radius 2 is 2.25 bits per heavy atom. The maximum absolute atomic E-state index is 10.8. The molecule has 0 aliphatic rings. The first-order valence-electron chi connectivity index (χ1n) is 3.18. The fourth-order valence-electron chi connectivity index (χ4n) is 0.482. The third kappa shape index (κ3) is 3.00. The lowest BCUT2D eigenvalue weighted by Crippen LogP contribution is -2.14. The summed E-state index contributed by atoms with van der Waals surface area (Å²) in [6.07, 6.45) is 0.734. The van der Waals surface area contributed by atoms with E-state index in [0.29, 0.717) is 0 Å². The number of hydrogen-bond acceptors (Lipinski definition) is 5. The molecule has 6 heteroatoms. The number of rotatable bonds is 4. The molecule has 0 aliphatic heterocycles. The fourth-order valence-corrected chi connectivity index (χ4v) is 0.482. The highest BCUT2D eigenvalue weighted by molar-refractivity contribution is 5.85. The molecule has 0 heterocycles. The fraction of sp³-hybridized carbons (Fsp3) is 0.500. The van der Waals surface area contributed by atoms with Crippen LogP contribution in [-0.4, -0.2) is 24.6 Å². The highest BCUT2D eigenvalue weighted by atomic mass is 16.6. The molecule has 0 amide bonds. The summed E-state index contributed by atoms with van der Waals surface area (Å²) in [7, 11) is 1.21. The first-order chi connectivity index (χ1) is 5.63. The molecule has 0 radical (unpaired) electrons. The van der Waals surface area contributed by atoms with Gasteiger partial charge in [-0.1, -0.05) is 0 Å². The third-order valence-electron chi connectivity index (χ3n) is 0.911. The zero-order chi connectivity index (χ0) is 9.56. The van der Waals surface area contributed by atoms with Crippen LogP contribution in [-0.2, 0) is 14.3 Å². The summed E-state index contributed by atoms with van der Waals surface area (Å²) in [5.74, 6) is -0.996. The molecule has 0 unspecified atom stereocenters. The molecule has 0 rings (SSSR count). The molecule has 0 saturated heterocycles. The Hall–Kier alpha value is -1.59. The zero-order valence-electron chi connectivity index (χ0n) is 6.77. The second-order valence-corrected chi connectivity index (χ2v) is 1.72. The van der Waals surface area contributed by atoms with E-state index in [1.54, 1.807) is 6.92 Å². The van der Waals surface area contributed by atoms with E-state index in [1.807, 2.05) is 0 Å². The Labute approximate surface area is 68.9 Å². The van der Waals surface area contributed by atoms with Crippen LogP contribution in [0.1, 0.15) is 6.92 Å². The van der Waals surface area contributed by atoms with Crippen LogP contribution in [0.4, 0.5) is 0 Å². The van der Waals surface area contributed by atoms with E-state index >= 15 is 0 Å². The van der Waals surface area contributed by atoms with E-state index in [9.17, 15) is 14.9 Å². The maximum atomic E-state index is 10.8. The highest BCUT2D eigenvalue weighted by Crippen LogP contribution is 1.98. The number of nitrogens with zero attached hydrogens (tertiary/aromatic N) is 1. The van der Waals surface area contributed by atoms with Gasteiger partial charge in [0.05, 0.1) is 18.6 Å². The molecule has 0 aliphatic carbocycles. The second kappa shape index (κ2) is 5.11. The van der Waals surface area contributed by atoms with Crippen molar-refractivity contribution >= 4 is 5.97 Å². The van der Waals surface area contributed by atoms with Crippen LogP contribution in [0.2, 0.25) is 0 Å². The lowest BCUT2D eigenvalue weighted by molar-refractivity contribution is -0.423. The molecule has 0 spiro atoms. The van der Waals surface area contributed by atoms with Crippen LogP contribution >= 0.6 is 0 Å². The van der Waals surface area contributed by atoms with Crippen molar-refractivity contribution in [2.24, 2.45) is 0 Å². The number of nitro groups is 1. The topological polar surface area (TPSA) is 78.7 Å². The van der Waals surface area contributed by atoms with Crippen LogP contribution in [0.3, 0.4) is 0 Å². The minimum absolute atomic E-state index is 0.0910. The average Bonchev–Trinajstić information content (AvgIpc) is 1.99. The van der Waals surface area contributed by atoms with Gasteiger partial charge in [0.2, 0.25) is 0 Å². The lowest BCUT2D eigenvalue weighted by atomic mass is 10.5. The number of ether oxygens (including phenoxy) is 2. The Balaban J connectivity index is 4.41. The molecule has 6 nitrogen and oxygen atoms in total. The Bertz CT molecular complexity index is 210. The van der Waals surface area contributed by atoms with Gasteiger partial charge in [-0.3, -0.25) is 10.1 Å². The number of esters is 1. The van der Waals surface area contributed by atoms with Crippen molar-refractivity contribution in [2.45, 2.75) is 6.92 Å². The van der Waals surface area contributed by atoms with Crippen LogP contribution in [0.5, 0.6) is 0 Å². The predicted molar refractivity (Wildman–Crippen MR) is 38.7 cm³/mol. The van der Waals surface area contributed by atoms with Gasteiger partial charge in [-0.2, -0.15) is 0 Å². The molecule has 0 fully saturated rings. The summed E-state index contributed by atoms with van der Waals surface area (Å²) in [5, 5.41) is 10.2. The number of hydrogen-bond donors (Lipinski definition) is 0. The summed E-state index contributed by atoms with van der Waals surface area (Å²) < 4.78 is 8.72. The van der Waals surface area contributed by atoms with Crippen LogP contribution < -0.4 is 0 Å². The third-order valence-corrected chi connectivity index (χ3v) is 0.911. The van der Waals surface area contributed by atoms with Crippen molar-refractivity contribution in [1.82, 2.24) is 0 Å². The first kappa shape index (κ1) is 10.4. The summed E-state index contributed by atoms with van der Waals surface area (Å²) >= 11 is 0. The van der Waals surface area contributed by atoms with Crippen molar-refractivity contribution in [2.75, 3.05) is 13.7 Å². The van der Waals surface area contributed by atoms with Crippen molar-refractivity contribution in [3.63, 3.8) is 0 Å². The molecule has 0 aromatic heterocycles. The molecular weight excluding hydrogens is 166 g/mol. The van der Waals surface area contributed by atoms with Gasteiger partial charge < -0.3 is 9.47 Å². The molecular formula is C6H9NO5. The molecule has 0 N–H and O–H groups in total. The van der Waals surface area contributed by atoms with E-state index in [0.717, 1.165) is 6.26 Å². The lowest BCUT2D eigenvalue weighted by Gasteiger charge is -1.97. The Kier molecular flexibility index (Phi) is 4.43. The smallest absolute Gasteiger partial charge is 0.413 e. The molecule has 68 valence electrons. The number of carbonyl (C=O) groups excluding carboxylic acids is 1. The van der Waals surface area contributed by atoms with Crippen molar-refractivity contribution in [3.8, 4) is 0 Å². The van der Waals surface area contributed by atoms with E-state index in [1.165, 1.54) is 7.11 Å². The summed E-state index contributed by atoms with van der Waals surface area (Å²) in [5.41, 5.74) is -0.709. The summed E-state index contributed by atoms with van der Waals surface area (Å²) in [6, 6.07) is 0. The Morgan fingerprint density at radius 1 is 1.67 bits per heavy atom. The van der Waals surface area contributed by atoms with E-state index < -0.39 is 16.6 Å². The molecule has 0 aromatic rings. The first-order valence-corrected chi connectivity index (χ1v) is 3.18. The van der Waals surface area contributed by atoms with Gasteiger partial charge in [-0.05, 0) is 6.92 Å². The van der Waals surface area contributed by atoms with Crippen LogP contribution in [0, 0.1) is 10.1 Å². The van der Waals surface area contributed by atoms with Gasteiger partial charge in [0.15, 0.2) is 6.26 Å². The maximum Gasteiger partial charge on any atom is 0.413 e. The van der Waals surface area contributed by atoms with E-state index in [4.69, 9.17) is 0 Å². The molecule has 12 heavy (non-hydrogen) atoms. The van der Waals surface area contributed by atoms with Gasteiger partial charge in [-0.15, -0.1) is 0 Å². The largest absolute Gasteiger partial charge is 0.497 e. The monoisotopic (exact) mass is 175 g/mol. The normalized spacial score (nSPS) is 10.7. The predicted octanol–water partition coefficient (Wildman–Crippen LogP) is 0.314. The second-order valence-electron chi connectivity index (χ2n) is 1.72. The molecule has 0 saturated carbocycles. The SMILES string of the molecule is CCOC(=O)/C(=C/OC)[N+](=O)[O-]. The van der Waals surface area contributed by atoms with Crippen molar-refractivity contribution in [3.05, 3.63) is 22.1 Å².